The predicted octanol–water partition coefficient (Wildman–Crippen LogP) is 2.70. The standard InChI is InChI=1S/C14H24N4O2S/c1-2-3-4-5-12-17-18-14(21-12)16-13(20)15-10-6-8-11(19)9-7-10/h10-11,19H,2-9H2,1H3,(H2,15,16,18,20). The van der Waals surface area contributed by atoms with E-state index < -0.39 is 0 Å². The third-order valence-corrected chi connectivity index (χ3v) is 4.61. The second kappa shape index (κ2) is 8.29. The van der Waals surface area contributed by atoms with Crippen LogP contribution in [0, 0.1) is 0 Å². The number of aliphatic hydroxyl groups is 1. The van der Waals surface area contributed by atoms with Crippen molar-refractivity contribution in [3.05, 3.63) is 5.01 Å². The van der Waals surface area contributed by atoms with E-state index in [-0.39, 0.29) is 18.2 Å². The van der Waals surface area contributed by atoms with Crippen molar-refractivity contribution in [1.82, 2.24) is 15.5 Å². The first-order valence-electron chi connectivity index (χ1n) is 7.75. The Bertz CT molecular complexity index is 444. The molecular weight excluding hydrogens is 288 g/mol. The highest BCUT2D eigenvalue weighted by molar-refractivity contribution is 7.15. The first kappa shape index (κ1) is 16.2. The summed E-state index contributed by atoms with van der Waals surface area (Å²) in [6, 6.07) is -0.0852. The minimum absolute atomic E-state index is 0.144. The second-order valence-corrected chi connectivity index (χ2v) is 6.62. The van der Waals surface area contributed by atoms with Gasteiger partial charge in [0.1, 0.15) is 5.01 Å². The number of aryl methyl sites for hydroxylation is 1. The maximum Gasteiger partial charge on any atom is 0.321 e. The van der Waals surface area contributed by atoms with Crippen LogP contribution in [0.3, 0.4) is 0 Å². The Kier molecular flexibility index (Phi) is 6.38. The zero-order chi connectivity index (χ0) is 15.1. The van der Waals surface area contributed by atoms with E-state index in [1.807, 2.05) is 0 Å². The van der Waals surface area contributed by atoms with Crippen LogP contribution in [0.1, 0.15) is 56.9 Å². The number of hydrogen-bond acceptors (Lipinski definition) is 5. The predicted molar refractivity (Wildman–Crippen MR) is 83.6 cm³/mol. The highest BCUT2D eigenvalue weighted by atomic mass is 32.1. The molecule has 0 bridgehead atoms. The number of amides is 2. The molecule has 0 unspecified atom stereocenters. The molecule has 0 aromatic carbocycles. The topological polar surface area (TPSA) is 87.1 Å². The molecule has 0 aliphatic heterocycles. The van der Waals surface area contributed by atoms with Crippen molar-refractivity contribution in [2.45, 2.75) is 70.4 Å². The van der Waals surface area contributed by atoms with Crippen LogP contribution in [0.25, 0.3) is 0 Å². The minimum Gasteiger partial charge on any atom is -0.393 e. The third kappa shape index (κ3) is 5.59. The van der Waals surface area contributed by atoms with Gasteiger partial charge < -0.3 is 10.4 Å². The average Bonchev–Trinajstić information content (AvgIpc) is 2.89. The van der Waals surface area contributed by atoms with Crippen molar-refractivity contribution in [3.63, 3.8) is 0 Å². The molecule has 6 nitrogen and oxygen atoms in total. The van der Waals surface area contributed by atoms with Crippen molar-refractivity contribution >= 4 is 22.5 Å². The summed E-state index contributed by atoms with van der Waals surface area (Å²) in [5, 5.41) is 24.7. The Morgan fingerprint density at radius 1 is 1.29 bits per heavy atom. The molecule has 1 aliphatic rings. The summed E-state index contributed by atoms with van der Waals surface area (Å²) in [6.07, 6.45) is 7.37. The smallest absolute Gasteiger partial charge is 0.321 e. The molecule has 1 aromatic heterocycles. The molecule has 3 N–H and O–H groups in total. The summed E-state index contributed by atoms with van der Waals surface area (Å²) in [5.74, 6) is 0. The number of nitrogens with zero attached hydrogens (tertiary/aromatic N) is 2. The van der Waals surface area contributed by atoms with Crippen LogP contribution in [0.4, 0.5) is 9.93 Å². The molecule has 21 heavy (non-hydrogen) atoms. The lowest BCUT2D eigenvalue weighted by Crippen LogP contribution is -2.40. The van der Waals surface area contributed by atoms with Crippen LogP contribution >= 0.6 is 11.3 Å². The average molecular weight is 312 g/mol. The van der Waals surface area contributed by atoms with Gasteiger partial charge in [0, 0.05) is 12.5 Å². The first-order valence-corrected chi connectivity index (χ1v) is 8.57. The van der Waals surface area contributed by atoms with Gasteiger partial charge >= 0.3 is 6.03 Å². The van der Waals surface area contributed by atoms with E-state index in [9.17, 15) is 9.90 Å². The van der Waals surface area contributed by atoms with Gasteiger partial charge in [0.2, 0.25) is 5.13 Å². The number of aromatic nitrogens is 2. The van der Waals surface area contributed by atoms with Crippen LogP contribution in [0.5, 0.6) is 0 Å². The van der Waals surface area contributed by atoms with Gasteiger partial charge in [-0.05, 0) is 32.1 Å². The van der Waals surface area contributed by atoms with Gasteiger partial charge in [-0.3, -0.25) is 5.32 Å². The Morgan fingerprint density at radius 3 is 2.76 bits per heavy atom. The van der Waals surface area contributed by atoms with E-state index in [0.29, 0.717) is 5.13 Å². The van der Waals surface area contributed by atoms with Crippen molar-refractivity contribution < 1.29 is 9.90 Å². The Hall–Kier alpha value is -1.21. The molecule has 2 rings (SSSR count). The molecular formula is C14H24N4O2S. The van der Waals surface area contributed by atoms with E-state index in [1.54, 1.807) is 0 Å². The van der Waals surface area contributed by atoms with Crippen LogP contribution < -0.4 is 10.6 Å². The van der Waals surface area contributed by atoms with Gasteiger partial charge in [0.15, 0.2) is 0 Å². The fourth-order valence-electron chi connectivity index (χ4n) is 2.47. The minimum atomic E-state index is -0.229. The van der Waals surface area contributed by atoms with Crippen molar-refractivity contribution in [3.8, 4) is 0 Å². The summed E-state index contributed by atoms with van der Waals surface area (Å²) in [4.78, 5) is 11.9. The largest absolute Gasteiger partial charge is 0.393 e. The number of aliphatic hydroxyl groups excluding tert-OH is 1. The highest BCUT2D eigenvalue weighted by Crippen LogP contribution is 2.20. The Balaban J connectivity index is 1.72. The number of carbonyl (C=O) groups is 1. The van der Waals surface area contributed by atoms with Crippen LogP contribution in [-0.2, 0) is 6.42 Å². The number of urea groups is 1. The lowest BCUT2D eigenvalue weighted by atomic mass is 9.93. The molecule has 1 heterocycles. The van der Waals surface area contributed by atoms with Gasteiger partial charge in [-0.25, -0.2) is 4.79 Å². The second-order valence-electron chi connectivity index (χ2n) is 5.56. The van der Waals surface area contributed by atoms with Gasteiger partial charge in [-0.1, -0.05) is 31.1 Å². The molecule has 7 heteroatoms. The fraction of sp³-hybridized carbons (Fsp3) is 0.786. The fourth-order valence-corrected chi connectivity index (χ4v) is 3.25. The quantitative estimate of drug-likeness (QED) is 0.705. The van der Waals surface area contributed by atoms with Crippen LogP contribution in [-0.4, -0.2) is 33.5 Å². The Labute approximate surface area is 129 Å². The molecule has 1 saturated carbocycles. The van der Waals surface area contributed by atoms with E-state index in [4.69, 9.17) is 0 Å². The maximum absolute atomic E-state index is 11.9. The summed E-state index contributed by atoms with van der Waals surface area (Å²) in [5.41, 5.74) is 0. The molecule has 0 atom stereocenters. The molecule has 1 aliphatic carbocycles. The summed E-state index contributed by atoms with van der Waals surface area (Å²) in [7, 11) is 0. The summed E-state index contributed by atoms with van der Waals surface area (Å²) >= 11 is 1.44. The zero-order valence-corrected chi connectivity index (χ0v) is 13.3. The number of anilines is 1. The lowest BCUT2D eigenvalue weighted by Gasteiger charge is -2.25. The lowest BCUT2D eigenvalue weighted by molar-refractivity contribution is 0.118. The van der Waals surface area contributed by atoms with Crippen molar-refractivity contribution in [2.75, 3.05) is 5.32 Å². The molecule has 2 amide bonds. The normalized spacial score (nSPS) is 22.0. The third-order valence-electron chi connectivity index (χ3n) is 3.71. The van der Waals surface area contributed by atoms with Crippen molar-refractivity contribution in [2.24, 2.45) is 0 Å². The molecule has 1 aromatic rings. The van der Waals surface area contributed by atoms with E-state index in [2.05, 4.69) is 27.8 Å². The van der Waals surface area contributed by atoms with Gasteiger partial charge in [-0.15, -0.1) is 10.2 Å². The number of hydrogen-bond donors (Lipinski definition) is 3. The number of carbonyl (C=O) groups excluding carboxylic acids is 1. The first-order chi connectivity index (χ1) is 10.2. The monoisotopic (exact) mass is 312 g/mol. The van der Waals surface area contributed by atoms with Gasteiger partial charge in [0.25, 0.3) is 0 Å². The zero-order valence-electron chi connectivity index (χ0n) is 12.5. The van der Waals surface area contributed by atoms with Crippen LogP contribution in [0.15, 0.2) is 0 Å². The SMILES string of the molecule is CCCCCc1nnc(NC(=O)NC2CCC(O)CC2)s1. The number of nitrogens with one attached hydrogen (secondary N) is 2. The molecule has 0 saturated heterocycles. The summed E-state index contributed by atoms with van der Waals surface area (Å²) in [6.45, 7) is 2.17. The number of rotatable bonds is 6. The van der Waals surface area contributed by atoms with Gasteiger partial charge in [-0.2, -0.15) is 0 Å². The number of unbranched alkanes of at least 4 members (excludes halogenated alkanes) is 2. The Morgan fingerprint density at radius 2 is 2.05 bits per heavy atom. The van der Waals surface area contributed by atoms with Gasteiger partial charge in [0.05, 0.1) is 6.10 Å². The van der Waals surface area contributed by atoms with E-state index in [1.165, 1.54) is 24.2 Å². The molecule has 1 fully saturated rings. The highest BCUT2D eigenvalue weighted by Gasteiger charge is 2.21. The van der Waals surface area contributed by atoms with E-state index in [0.717, 1.165) is 43.5 Å². The van der Waals surface area contributed by atoms with E-state index >= 15 is 0 Å². The van der Waals surface area contributed by atoms with Crippen molar-refractivity contribution in [1.29, 1.82) is 0 Å². The van der Waals surface area contributed by atoms with Crippen LogP contribution in [0.2, 0.25) is 0 Å². The molecule has 118 valence electrons. The molecule has 0 radical (unpaired) electrons. The summed E-state index contributed by atoms with van der Waals surface area (Å²) < 4.78 is 0. The maximum atomic E-state index is 11.9. The molecule has 0 spiro atoms.